The van der Waals surface area contributed by atoms with E-state index in [1.165, 1.54) is 25.7 Å². The van der Waals surface area contributed by atoms with Crippen LogP contribution >= 0.6 is 0 Å². The van der Waals surface area contributed by atoms with Crippen LogP contribution in [0.15, 0.2) is 4.52 Å². The summed E-state index contributed by atoms with van der Waals surface area (Å²) >= 11 is 0. The average Bonchev–Trinajstić information content (AvgIpc) is 2.79. The Bertz CT molecular complexity index is 386. The molecule has 1 aromatic heterocycles. The molecular formula is C15H26N2O3. The zero-order valence-electron chi connectivity index (χ0n) is 12.8. The Morgan fingerprint density at radius 3 is 2.50 bits per heavy atom. The van der Waals surface area contributed by atoms with Gasteiger partial charge in [-0.15, -0.1) is 0 Å². The lowest BCUT2D eigenvalue weighted by Gasteiger charge is -2.18. The largest absolute Gasteiger partial charge is 0.371 e. The molecule has 1 aliphatic rings. The second-order valence-corrected chi connectivity index (χ2v) is 5.48. The summed E-state index contributed by atoms with van der Waals surface area (Å²) in [7, 11) is 0. The van der Waals surface area contributed by atoms with Gasteiger partial charge in [0.2, 0.25) is 0 Å². The first-order valence-corrected chi connectivity index (χ1v) is 7.81. The maximum atomic E-state index is 6.07. The summed E-state index contributed by atoms with van der Waals surface area (Å²) in [5.74, 6) is 1.15. The molecule has 20 heavy (non-hydrogen) atoms. The standard InChI is InChI=1S/C15H26N2O3/c1-4-18-11(2)14-16-15(20-17-14)12(3)19-13-9-7-5-6-8-10-13/h11-13H,4-10H2,1-3H3. The molecule has 1 aliphatic carbocycles. The number of hydrogen-bond donors (Lipinski definition) is 0. The SMILES string of the molecule is CCOC(C)c1noc(C(C)OC2CCCCCC2)n1. The van der Waals surface area contributed by atoms with Gasteiger partial charge in [0.05, 0.1) is 6.10 Å². The second-order valence-electron chi connectivity index (χ2n) is 5.48. The molecule has 0 amide bonds. The van der Waals surface area contributed by atoms with Gasteiger partial charge in [0, 0.05) is 6.61 Å². The van der Waals surface area contributed by atoms with E-state index in [0.717, 1.165) is 12.8 Å². The zero-order chi connectivity index (χ0) is 14.4. The molecule has 2 atom stereocenters. The highest BCUT2D eigenvalue weighted by Gasteiger charge is 2.22. The van der Waals surface area contributed by atoms with Crippen LogP contribution in [0.25, 0.3) is 0 Å². The molecule has 2 unspecified atom stereocenters. The summed E-state index contributed by atoms with van der Waals surface area (Å²) in [6.45, 7) is 6.50. The summed E-state index contributed by atoms with van der Waals surface area (Å²) in [5, 5.41) is 3.98. The smallest absolute Gasteiger partial charge is 0.255 e. The summed E-state index contributed by atoms with van der Waals surface area (Å²) in [5.41, 5.74) is 0. The van der Waals surface area contributed by atoms with E-state index >= 15 is 0 Å². The lowest BCUT2D eigenvalue weighted by molar-refractivity contribution is -0.0259. The topological polar surface area (TPSA) is 57.4 Å². The predicted molar refractivity (Wildman–Crippen MR) is 75.3 cm³/mol. The van der Waals surface area contributed by atoms with Crippen molar-refractivity contribution < 1.29 is 14.0 Å². The molecule has 0 radical (unpaired) electrons. The molecule has 1 fully saturated rings. The van der Waals surface area contributed by atoms with Gasteiger partial charge in [-0.05, 0) is 33.6 Å². The van der Waals surface area contributed by atoms with Gasteiger partial charge in [-0.25, -0.2) is 0 Å². The van der Waals surface area contributed by atoms with Gasteiger partial charge in [-0.2, -0.15) is 4.98 Å². The van der Waals surface area contributed by atoms with Crippen LogP contribution in [0.1, 0.15) is 83.2 Å². The quantitative estimate of drug-likeness (QED) is 0.739. The summed E-state index contributed by atoms with van der Waals surface area (Å²) in [6, 6.07) is 0. The Labute approximate surface area is 121 Å². The van der Waals surface area contributed by atoms with Gasteiger partial charge < -0.3 is 14.0 Å². The molecule has 5 nitrogen and oxygen atoms in total. The third-order valence-corrected chi connectivity index (χ3v) is 3.78. The van der Waals surface area contributed by atoms with Crippen LogP contribution in [0.4, 0.5) is 0 Å². The van der Waals surface area contributed by atoms with Crippen molar-refractivity contribution in [3.8, 4) is 0 Å². The van der Waals surface area contributed by atoms with Crippen molar-refractivity contribution in [1.29, 1.82) is 0 Å². The molecule has 0 spiro atoms. The maximum Gasteiger partial charge on any atom is 0.255 e. The molecule has 0 saturated heterocycles. The number of hydrogen-bond acceptors (Lipinski definition) is 5. The molecule has 114 valence electrons. The van der Waals surface area contributed by atoms with E-state index in [1.54, 1.807) is 0 Å². The summed E-state index contributed by atoms with van der Waals surface area (Å²) < 4.78 is 16.8. The molecule has 1 heterocycles. The van der Waals surface area contributed by atoms with Gasteiger partial charge in [-0.1, -0.05) is 30.8 Å². The number of ether oxygens (including phenoxy) is 2. The molecule has 0 N–H and O–H groups in total. The van der Waals surface area contributed by atoms with Crippen molar-refractivity contribution >= 4 is 0 Å². The Morgan fingerprint density at radius 2 is 1.85 bits per heavy atom. The van der Waals surface area contributed by atoms with Crippen LogP contribution in [0.3, 0.4) is 0 Å². The molecule has 5 heteroatoms. The van der Waals surface area contributed by atoms with E-state index in [4.69, 9.17) is 14.0 Å². The first-order chi connectivity index (χ1) is 9.70. The lowest BCUT2D eigenvalue weighted by Crippen LogP contribution is -2.15. The average molecular weight is 282 g/mol. The van der Waals surface area contributed by atoms with Crippen molar-refractivity contribution in [1.82, 2.24) is 10.1 Å². The maximum absolute atomic E-state index is 6.07. The van der Waals surface area contributed by atoms with Crippen molar-refractivity contribution in [2.24, 2.45) is 0 Å². The van der Waals surface area contributed by atoms with E-state index in [9.17, 15) is 0 Å². The van der Waals surface area contributed by atoms with Crippen LogP contribution in [0, 0.1) is 0 Å². The Hall–Kier alpha value is -0.940. The molecule has 1 saturated carbocycles. The molecule has 1 aromatic rings. The first-order valence-electron chi connectivity index (χ1n) is 7.81. The van der Waals surface area contributed by atoms with E-state index in [2.05, 4.69) is 10.1 Å². The van der Waals surface area contributed by atoms with E-state index in [-0.39, 0.29) is 12.2 Å². The first kappa shape index (κ1) is 15.4. The molecular weight excluding hydrogens is 256 g/mol. The minimum Gasteiger partial charge on any atom is -0.371 e. The Kier molecular flexibility index (Phi) is 5.98. The van der Waals surface area contributed by atoms with Crippen LogP contribution in [-0.2, 0) is 9.47 Å². The van der Waals surface area contributed by atoms with Gasteiger partial charge >= 0.3 is 0 Å². The predicted octanol–water partition coefficient (Wildman–Crippen LogP) is 3.97. The molecule has 0 aromatic carbocycles. The van der Waals surface area contributed by atoms with Crippen LogP contribution in [0.5, 0.6) is 0 Å². The van der Waals surface area contributed by atoms with Gasteiger partial charge in [-0.3, -0.25) is 0 Å². The number of nitrogens with zero attached hydrogens (tertiary/aromatic N) is 2. The zero-order valence-corrected chi connectivity index (χ0v) is 12.8. The van der Waals surface area contributed by atoms with Crippen LogP contribution < -0.4 is 0 Å². The van der Waals surface area contributed by atoms with Crippen molar-refractivity contribution in [2.75, 3.05) is 6.61 Å². The molecule has 0 aliphatic heterocycles. The third-order valence-electron chi connectivity index (χ3n) is 3.78. The van der Waals surface area contributed by atoms with Gasteiger partial charge in [0.15, 0.2) is 5.82 Å². The third kappa shape index (κ3) is 4.28. The number of aromatic nitrogens is 2. The Balaban J connectivity index is 1.89. The highest BCUT2D eigenvalue weighted by molar-refractivity contribution is 4.92. The highest BCUT2D eigenvalue weighted by Crippen LogP contribution is 2.26. The second kappa shape index (κ2) is 7.74. The molecule has 0 bridgehead atoms. The van der Waals surface area contributed by atoms with Crippen LogP contribution in [-0.4, -0.2) is 22.9 Å². The highest BCUT2D eigenvalue weighted by atomic mass is 16.5. The van der Waals surface area contributed by atoms with Gasteiger partial charge in [0.1, 0.15) is 12.2 Å². The molecule has 2 rings (SSSR count). The minimum absolute atomic E-state index is 0.136. The number of rotatable bonds is 6. The fourth-order valence-electron chi connectivity index (χ4n) is 2.63. The van der Waals surface area contributed by atoms with Crippen LogP contribution in [0.2, 0.25) is 0 Å². The fraction of sp³-hybridized carbons (Fsp3) is 0.867. The monoisotopic (exact) mass is 282 g/mol. The van der Waals surface area contributed by atoms with Crippen molar-refractivity contribution in [3.05, 3.63) is 11.7 Å². The summed E-state index contributed by atoms with van der Waals surface area (Å²) in [6.07, 6.45) is 7.49. The van der Waals surface area contributed by atoms with E-state index in [0.29, 0.717) is 24.4 Å². The summed E-state index contributed by atoms with van der Waals surface area (Å²) in [4.78, 5) is 4.39. The minimum atomic E-state index is -0.145. The van der Waals surface area contributed by atoms with E-state index in [1.807, 2.05) is 20.8 Å². The Morgan fingerprint density at radius 1 is 1.15 bits per heavy atom. The normalized spacial score (nSPS) is 20.6. The van der Waals surface area contributed by atoms with Gasteiger partial charge in [0.25, 0.3) is 5.89 Å². The van der Waals surface area contributed by atoms with Crippen molar-refractivity contribution in [3.63, 3.8) is 0 Å². The van der Waals surface area contributed by atoms with E-state index < -0.39 is 0 Å². The van der Waals surface area contributed by atoms with Crippen molar-refractivity contribution in [2.45, 2.75) is 77.6 Å². The lowest BCUT2D eigenvalue weighted by atomic mass is 10.1. The fourth-order valence-corrected chi connectivity index (χ4v) is 2.63.